The molecule has 0 aliphatic carbocycles. The molecule has 0 spiro atoms. The molecule has 1 aromatic rings. The fourth-order valence-electron chi connectivity index (χ4n) is 1.52. The van der Waals surface area contributed by atoms with Gasteiger partial charge in [0.2, 0.25) is 0 Å². The van der Waals surface area contributed by atoms with Crippen molar-refractivity contribution in [3.8, 4) is 0 Å². The van der Waals surface area contributed by atoms with E-state index in [1.165, 1.54) is 11.4 Å². The standard InChI is InChI=1S/C9H13N3/c1-12-6-2-8-9(3-7-12)11-5-4-10-8/h4-5H,2-3,6-7H2,1H3. The highest BCUT2D eigenvalue weighted by atomic mass is 15.1. The molecule has 0 unspecified atom stereocenters. The van der Waals surface area contributed by atoms with Gasteiger partial charge in [-0.15, -0.1) is 0 Å². The highest BCUT2D eigenvalue weighted by Gasteiger charge is 2.11. The van der Waals surface area contributed by atoms with E-state index >= 15 is 0 Å². The van der Waals surface area contributed by atoms with Gasteiger partial charge in [-0.25, -0.2) is 0 Å². The molecule has 12 heavy (non-hydrogen) atoms. The molecule has 0 aromatic carbocycles. The van der Waals surface area contributed by atoms with E-state index in [4.69, 9.17) is 0 Å². The first kappa shape index (κ1) is 7.68. The first-order valence-electron chi connectivity index (χ1n) is 4.33. The fourth-order valence-corrected chi connectivity index (χ4v) is 1.52. The Hall–Kier alpha value is -0.960. The van der Waals surface area contributed by atoms with Gasteiger partial charge in [-0.3, -0.25) is 9.97 Å². The molecule has 0 amide bonds. The molecule has 0 fully saturated rings. The van der Waals surface area contributed by atoms with Crippen LogP contribution in [0.2, 0.25) is 0 Å². The van der Waals surface area contributed by atoms with Crippen LogP contribution in [-0.4, -0.2) is 35.0 Å². The molecule has 64 valence electrons. The molecule has 0 atom stereocenters. The van der Waals surface area contributed by atoms with Gasteiger partial charge in [-0.05, 0) is 7.05 Å². The third kappa shape index (κ3) is 1.46. The Labute approximate surface area is 72.4 Å². The first-order chi connectivity index (χ1) is 5.86. The van der Waals surface area contributed by atoms with Crippen LogP contribution in [0.4, 0.5) is 0 Å². The Morgan fingerprint density at radius 2 is 1.58 bits per heavy atom. The second-order valence-electron chi connectivity index (χ2n) is 3.25. The third-order valence-electron chi connectivity index (χ3n) is 2.32. The van der Waals surface area contributed by atoms with E-state index in [0.29, 0.717) is 0 Å². The van der Waals surface area contributed by atoms with Gasteiger partial charge in [0.05, 0.1) is 11.4 Å². The quantitative estimate of drug-likeness (QED) is 0.558. The van der Waals surface area contributed by atoms with Gasteiger partial charge in [-0.2, -0.15) is 0 Å². The molecule has 0 radical (unpaired) electrons. The van der Waals surface area contributed by atoms with E-state index < -0.39 is 0 Å². The van der Waals surface area contributed by atoms with Gasteiger partial charge >= 0.3 is 0 Å². The second kappa shape index (κ2) is 3.19. The maximum atomic E-state index is 4.32. The molecule has 3 heteroatoms. The lowest BCUT2D eigenvalue weighted by Gasteiger charge is -2.10. The van der Waals surface area contributed by atoms with Crippen molar-refractivity contribution in [2.24, 2.45) is 0 Å². The van der Waals surface area contributed by atoms with Crippen LogP contribution in [0.3, 0.4) is 0 Å². The van der Waals surface area contributed by atoms with Crippen molar-refractivity contribution in [1.82, 2.24) is 14.9 Å². The number of likely N-dealkylation sites (N-methyl/N-ethyl adjacent to an activating group) is 1. The Morgan fingerprint density at radius 1 is 1.08 bits per heavy atom. The van der Waals surface area contributed by atoms with Crippen molar-refractivity contribution in [3.63, 3.8) is 0 Å². The predicted molar refractivity (Wildman–Crippen MR) is 46.9 cm³/mol. The zero-order valence-electron chi connectivity index (χ0n) is 7.32. The van der Waals surface area contributed by atoms with E-state index in [-0.39, 0.29) is 0 Å². The molecule has 1 aromatic heterocycles. The summed E-state index contributed by atoms with van der Waals surface area (Å²) in [6.45, 7) is 2.21. The van der Waals surface area contributed by atoms with Crippen LogP contribution in [-0.2, 0) is 12.8 Å². The number of hydrogen-bond acceptors (Lipinski definition) is 3. The minimum Gasteiger partial charge on any atom is -0.306 e. The number of nitrogens with zero attached hydrogens (tertiary/aromatic N) is 3. The molecule has 2 heterocycles. The molecule has 0 saturated heterocycles. The summed E-state index contributed by atoms with van der Waals surface area (Å²) in [6.07, 6.45) is 5.65. The average Bonchev–Trinajstić information content (AvgIpc) is 2.29. The highest BCUT2D eigenvalue weighted by molar-refractivity contribution is 5.12. The molecule has 1 aliphatic rings. The number of aromatic nitrogens is 2. The Morgan fingerprint density at radius 3 is 2.08 bits per heavy atom. The van der Waals surface area contributed by atoms with Crippen molar-refractivity contribution >= 4 is 0 Å². The number of rotatable bonds is 0. The van der Waals surface area contributed by atoms with Crippen LogP contribution >= 0.6 is 0 Å². The van der Waals surface area contributed by atoms with Gasteiger partial charge in [0.25, 0.3) is 0 Å². The van der Waals surface area contributed by atoms with Crippen molar-refractivity contribution in [3.05, 3.63) is 23.8 Å². The van der Waals surface area contributed by atoms with Crippen LogP contribution in [0.25, 0.3) is 0 Å². The van der Waals surface area contributed by atoms with E-state index in [1.807, 2.05) is 0 Å². The van der Waals surface area contributed by atoms with Crippen molar-refractivity contribution in [2.75, 3.05) is 20.1 Å². The lowest BCUT2D eigenvalue weighted by atomic mass is 10.2. The summed E-state index contributed by atoms with van der Waals surface area (Å²) < 4.78 is 0. The molecule has 3 nitrogen and oxygen atoms in total. The molecule has 0 saturated carbocycles. The lowest BCUT2D eigenvalue weighted by Crippen LogP contribution is -2.20. The van der Waals surface area contributed by atoms with Crippen LogP contribution < -0.4 is 0 Å². The van der Waals surface area contributed by atoms with E-state index in [0.717, 1.165) is 25.9 Å². The summed E-state index contributed by atoms with van der Waals surface area (Å²) in [6, 6.07) is 0. The highest BCUT2D eigenvalue weighted by Crippen LogP contribution is 2.08. The molecule has 0 bridgehead atoms. The largest absolute Gasteiger partial charge is 0.306 e. The van der Waals surface area contributed by atoms with Crippen molar-refractivity contribution in [2.45, 2.75) is 12.8 Å². The monoisotopic (exact) mass is 163 g/mol. The summed E-state index contributed by atoms with van der Waals surface area (Å²) in [7, 11) is 2.14. The van der Waals surface area contributed by atoms with E-state index in [9.17, 15) is 0 Å². The lowest BCUT2D eigenvalue weighted by molar-refractivity contribution is 0.351. The molecular formula is C9H13N3. The van der Waals surface area contributed by atoms with Gasteiger partial charge in [0.15, 0.2) is 0 Å². The van der Waals surface area contributed by atoms with E-state index in [1.54, 1.807) is 12.4 Å². The smallest absolute Gasteiger partial charge is 0.0631 e. The molecule has 2 rings (SSSR count). The predicted octanol–water partition coefficient (Wildman–Crippen LogP) is 0.507. The van der Waals surface area contributed by atoms with Gasteiger partial charge in [0.1, 0.15) is 0 Å². The number of fused-ring (bicyclic) bond motifs is 1. The minimum atomic E-state index is 1.04. The van der Waals surface area contributed by atoms with Crippen LogP contribution in [0.15, 0.2) is 12.4 Å². The van der Waals surface area contributed by atoms with Crippen LogP contribution in [0.1, 0.15) is 11.4 Å². The van der Waals surface area contributed by atoms with Gasteiger partial charge in [0, 0.05) is 38.3 Å². The van der Waals surface area contributed by atoms with Gasteiger partial charge < -0.3 is 4.90 Å². The summed E-state index contributed by atoms with van der Waals surface area (Å²) in [5.41, 5.74) is 2.36. The first-order valence-corrected chi connectivity index (χ1v) is 4.33. The third-order valence-corrected chi connectivity index (χ3v) is 2.32. The summed E-state index contributed by atoms with van der Waals surface area (Å²) in [5, 5.41) is 0. The van der Waals surface area contributed by atoms with Gasteiger partial charge in [-0.1, -0.05) is 0 Å². The van der Waals surface area contributed by atoms with Crippen LogP contribution in [0.5, 0.6) is 0 Å². The average molecular weight is 163 g/mol. The zero-order chi connectivity index (χ0) is 8.39. The zero-order valence-corrected chi connectivity index (χ0v) is 7.32. The summed E-state index contributed by atoms with van der Waals surface area (Å²) in [5.74, 6) is 0. The minimum absolute atomic E-state index is 1.04. The SMILES string of the molecule is CN1CCc2nccnc2CC1. The van der Waals surface area contributed by atoms with Crippen molar-refractivity contribution in [1.29, 1.82) is 0 Å². The molecular weight excluding hydrogens is 150 g/mol. The maximum absolute atomic E-state index is 4.32. The fraction of sp³-hybridized carbons (Fsp3) is 0.556. The summed E-state index contributed by atoms with van der Waals surface area (Å²) in [4.78, 5) is 11.0. The molecule has 1 aliphatic heterocycles. The summed E-state index contributed by atoms with van der Waals surface area (Å²) >= 11 is 0. The Kier molecular flexibility index (Phi) is 2.04. The van der Waals surface area contributed by atoms with Crippen molar-refractivity contribution < 1.29 is 0 Å². The number of hydrogen-bond donors (Lipinski definition) is 0. The normalized spacial score (nSPS) is 18.4. The van der Waals surface area contributed by atoms with Crippen LogP contribution in [0, 0.1) is 0 Å². The second-order valence-corrected chi connectivity index (χ2v) is 3.25. The topological polar surface area (TPSA) is 29.0 Å². The Balaban J connectivity index is 2.26. The van der Waals surface area contributed by atoms with E-state index in [2.05, 4.69) is 21.9 Å². The molecule has 0 N–H and O–H groups in total. The Bertz CT molecular complexity index is 245. The maximum Gasteiger partial charge on any atom is 0.0631 e.